The highest BCUT2D eigenvalue weighted by molar-refractivity contribution is 6.42. The van der Waals surface area contributed by atoms with Gasteiger partial charge in [0.2, 0.25) is 11.8 Å². The van der Waals surface area contributed by atoms with Crippen LogP contribution >= 0.6 is 23.2 Å². The van der Waals surface area contributed by atoms with Gasteiger partial charge in [-0.05, 0) is 55.2 Å². The van der Waals surface area contributed by atoms with Gasteiger partial charge in [-0.2, -0.15) is 5.10 Å². The summed E-state index contributed by atoms with van der Waals surface area (Å²) in [6.45, 7) is 3.80. The van der Waals surface area contributed by atoms with E-state index in [1.54, 1.807) is 40.4 Å². The summed E-state index contributed by atoms with van der Waals surface area (Å²) in [6, 6.07) is 12.8. The predicted octanol–water partition coefficient (Wildman–Crippen LogP) is 4.36. The number of nitrogens with zero attached hydrogens (tertiary/aromatic N) is 5. The molecule has 2 saturated heterocycles. The van der Waals surface area contributed by atoms with Crippen molar-refractivity contribution in [1.29, 1.82) is 0 Å². The summed E-state index contributed by atoms with van der Waals surface area (Å²) in [5.41, 5.74) is 2.16. The third-order valence-electron chi connectivity index (χ3n) is 7.96. The minimum atomic E-state index is -0.167. The minimum absolute atomic E-state index is 0.0507. The van der Waals surface area contributed by atoms with Crippen LogP contribution in [0.2, 0.25) is 10.0 Å². The van der Waals surface area contributed by atoms with Crippen LogP contribution in [-0.4, -0.2) is 81.3 Å². The quantitative estimate of drug-likeness (QED) is 0.479. The SMILES string of the molecule is CC(=O)N1CCC(C(=O)N2CC[C@@H](N(C)C(=O)c3cc4ccccn4n3)[C@H](c3ccc(Cl)c(Cl)c3)C2)CC1. The van der Waals surface area contributed by atoms with E-state index in [0.29, 0.717) is 61.2 Å². The fourth-order valence-corrected chi connectivity index (χ4v) is 6.05. The molecule has 0 N–H and O–H groups in total. The van der Waals surface area contributed by atoms with Gasteiger partial charge in [-0.3, -0.25) is 14.4 Å². The maximum absolute atomic E-state index is 13.6. The zero-order valence-corrected chi connectivity index (χ0v) is 23.0. The van der Waals surface area contributed by atoms with Crippen LogP contribution < -0.4 is 0 Å². The summed E-state index contributed by atoms with van der Waals surface area (Å²) in [7, 11) is 1.80. The third kappa shape index (κ3) is 5.24. The van der Waals surface area contributed by atoms with Crippen LogP contribution in [0.15, 0.2) is 48.7 Å². The first-order valence-electron chi connectivity index (χ1n) is 12.9. The second kappa shape index (κ2) is 10.9. The first-order valence-corrected chi connectivity index (χ1v) is 13.7. The lowest BCUT2D eigenvalue weighted by atomic mass is 9.84. The normalized spacial score (nSPS) is 20.5. The largest absolute Gasteiger partial charge is 0.343 e. The lowest BCUT2D eigenvalue weighted by Crippen LogP contribution is -2.53. The Morgan fingerprint density at radius 1 is 0.947 bits per heavy atom. The average molecular weight is 556 g/mol. The van der Waals surface area contributed by atoms with Crippen LogP contribution in [0.25, 0.3) is 5.52 Å². The molecule has 3 aromatic rings. The number of aromatic nitrogens is 2. The van der Waals surface area contributed by atoms with Crippen LogP contribution in [0.5, 0.6) is 0 Å². The van der Waals surface area contributed by atoms with Gasteiger partial charge in [-0.15, -0.1) is 0 Å². The first kappa shape index (κ1) is 26.5. The lowest BCUT2D eigenvalue weighted by Gasteiger charge is -2.44. The number of hydrogen-bond donors (Lipinski definition) is 0. The van der Waals surface area contributed by atoms with Crippen molar-refractivity contribution in [2.75, 3.05) is 33.2 Å². The molecule has 200 valence electrons. The summed E-state index contributed by atoms with van der Waals surface area (Å²) in [6.07, 6.45) is 3.78. The molecule has 4 heterocycles. The Labute approximate surface area is 232 Å². The van der Waals surface area contributed by atoms with Crippen molar-refractivity contribution in [3.63, 3.8) is 0 Å². The van der Waals surface area contributed by atoms with Gasteiger partial charge in [-0.25, -0.2) is 4.52 Å². The van der Waals surface area contributed by atoms with Crippen molar-refractivity contribution in [3.8, 4) is 0 Å². The fraction of sp³-hybridized carbons (Fsp3) is 0.429. The monoisotopic (exact) mass is 555 g/mol. The Kier molecular flexibility index (Phi) is 7.63. The smallest absolute Gasteiger partial charge is 0.274 e. The molecular weight excluding hydrogens is 525 g/mol. The standard InChI is InChI=1S/C28H31Cl2N5O3/c1-18(36)33-12-8-19(9-13-33)27(37)34-14-10-26(22(17-34)20-6-7-23(29)24(30)15-20)32(2)28(38)25-16-21-5-3-4-11-35(21)31-25/h3-7,11,15-16,19,22,26H,8-10,12-14,17H2,1-2H3/t22-,26+/m0/s1. The molecule has 0 unspecified atom stereocenters. The molecule has 2 fully saturated rings. The molecule has 0 aliphatic carbocycles. The van der Waals surface area contributed by atoms with Crippen molar-refractivity contribution in [2.24, 2.45) is 5.92 Å². The van der Waals surface area contributed by atoms with Crippen LogP contribution in [0, 0.1) is 5.92 Å². The Balaban J connectivity index is 1.38. The molecule has 0 radical (unpaired) electrons. The van der Waals surface area contributed by atoms with E-state index in [1.807, 2.05) is 41.4 Å². The Hall–Kier alpha value is -3.10. The zero-order chi connectivity index (χ0) is 27.0. The van der Waals surface area contributed by atoms with Crippen molar-refractivity contribution in [1.82, 2.24) is 24.3 Å². The maximum Gasteiger partial charge on any atom is 0.274 e. The highest BCUT2D eigenvalue weighted by Crippen LogP contribution is 2.35. The van der Waals surface area contributed by atoms with Crippen molar-refractivity contribution in [2.45, 2.75) is 38.1 Å². The van der Waals surface area contributed by atoms with E-state index in [9.17, 15) is 14.4 Å². The molecule has 3 amide bonds. The molecule has 2 aliphatic heterocycles. The van der Waals surface area contributed by atoms with Crippen LogP contribution in [0.1, 0.15) is 48.2 Å². The number of pyridine rings is 1. The van der Waals surface area contributed by atoms with E-state index >= 15 is 0 Å². The van der Waals surface area contributed by atoms with Crippen molar-refractivity contribution in [3.05, 3.63) is 70.0 Å². The number of fused-ring (bicyclic) bond motifs is 1. The van der Waals surface area contributed by atoms with E-state index in [-0.39, 0.29) is 35.6 Å². The first-order chi connectivity index (χ1) is 18.2. The van der Waals surface area contributed by atoms with Crippen LogP contribution in [-0.2, 0) is 9.59 Å². The Morgan fingerprint density at radius 2 is 1.68 bits per heavy atom. The number of likely N-dealkylation sites (tertiary alicyclic amines) is 2. The number of piperidine rings is 2. The summed E-state index contributed by atoms with van der Waals surface area (Å²) in [5, 5.41) is 5.37. The third-order valence-corrected chi connectivity index (χ3v) is 8.70. The van der Waals surface area contributed by atoms with Gasteiger partial charge < -0.3 is 14.7 Å². The fourth-order valence-electron chi connectivity index (χ4n) is 5.75. The number of carbonyl (C=O) groups excluding carboxylic acids is 3. The minimum Gasteiger partial charge on any atom is -0.343 e. The second-order valence-corrected chi connectivity index (χ2v) is 11.0. The Morgan fingerprint density at radius 3 is 2.37 bits per heavy atom. The molecule has 0 bridgehead atoms. The van der Waals surface area contributed by atoms with Crippen molar-refractivity contribution >= 4 is 46.4 Å². The number of hydrogen-bond acceptors (Lipinski definition) is 4. The highest BCUT2D eigenvalue weighted by atomic mass is 35.5. The van der Waals surface area contributed by atoms with E-state index in [1.165, 1.54) is 0 Å². The van der Waals surface area contributed by atoms with Crippen LogP contribution in [0.3, 0.4) is 0 Å². The van der Waals surface area contributed by atoms with E-state index in [0.717, 1.165) is 11.1 Å². The van der Waals surface area contributed by atoms with E-state index in [2.05, 4.69) is 5.10 Å². The number of rotatable bonds is 4. The van der Waals surface area contributed by atoms with Gasteiger partial charge in [0.25, 0.3) is 5.91 Å². The molecule has 38 heavy (non-hydrogen) atoms. The van der Waals surface area contributed by atoms with E-state index in [4.69, 9.17) is 23.2 Å². The number of halogens is 2. The molecule has 0 saturated carbocycles. The molecule has 1 aromatic carbocycles. The van der Waals surface area contributed by atoms with E-state index < -0.39 is 0 Å². The van der Waals surface area contributed by atoms with Gasteiger partial charge in [0.05, 0.1) is 15.6 Å². The summed E-state index contributed by atoms with van der Waals surface area (Å²) < 4.78 is 1.69. The van der Waals surface area contributed by atoms with Gasteiger partial charge in [0, 0.05) is 64.2 Å². The number of carbonyl (C=O) groups is 3. The molecule has 2 aliphatic rings. The summed E-state index contributed by atoms with van der Waals surface area (Å²) >= 11 is 12.6. The topological polar surface area (TPSA) is 78.2 Å². The Bertz CT molecular complexity index is 1330. The molecule has 2 atom stereocenters. The molecule has 5 rings (SSSR count). The molecule has 0 spiro atoms. The zero-order valence-electron chi connectivity index (χ0n) is 21.5. The number of benzene rings is 1. The molecular formula is C28H31Cl2N5O3. The van der Waals surface area contributed by atoms with Gasteiger partial charge in [0.15, 0.2) is 5.69 Å². The maximum atomic E-state index is 13.6. The van der Waals surface area contributed by atoms with Crippen molar-refractivity contribution < 1.29 is 14.4 Å². The molecule has 2 aromatic heterocycles. The predicted molar refractivity (Wildman–Crippen MR) is 146 cm³/mol. The van der Waals surface area contributed by atoms with Gasteiger partial charge in [0.1, 0.15) is 0 Å². The number of likely N-dealkylation sites (N-methyl/N-ethyl adjacent to an activating group) is 1. The van der Waals surface area contributed by atoms with Gasteiger partial charge >= 0.3 is 0 Å². The second-order valence-electron chi connectivity index (χ2n) is 10.2. The number of amides is 3. The van der Waals surface area contributed by atoms with Gasteiger partial charge in [-0.1, -0.05) is 35.3 Å². The lowest BCUT2D eigenvalue weighted by molar-refractivity contribution is -0.141. The highest BCUT2D eigenvalue weighted by Gasteiger charge is 2.39. The molecule has 8 nitrogen and oxygen atoms in total. The van der Waals surface area contributed by atoms with Crippen LogP contribution in [0.4, 0.5) is 0 Å². The average Bonchev–Trinajstić information content (AvgIpc) is 3.37. The summed E-state index contributed by atoms with van der Waals surface area (Å²) in [5.74, 6) is -0.249. The molecule has 10 heteroatoms. The summed E-state index contributed by atoms with van der Waals surface area (Å²) in [4.78, 5) is 44.3.